The minimum Gasteiger partial charge on any atom is -0.392 e. The first-order valence-corrected chi connectivity index (χ1v) is 25.3. The van der Waals surface area contributed by atoms with Crippen molar-refractivity contribution in [1.29, 1.82) is 0 Å². The summed E-state index contributed by atoms with van der Waals surface area (Å²) in [6.07, 6.45) is 51.8. The Kier molecular flexibility index (Phi) is 45.4. The molecule has 0 aliphatic heterocycles. The van der Waals surface area contributed by atoms with Gasteiger partial charge < -0.3 is 15.1 Å². The van der Waals surface area contributed by atoms with Crippen LogP contribution in [0.3, 0.4) is 0 Å². The largest absolute Gasteiger partial charge is 0.392 e. The van der Waals surface area contributed by atoms with E-state index in [4.69, 9.17) is 0 Å². The van der Waals surface area contributed by atoms with Gasteiger partial charge in [-0.1, -0.05) is 245 Å². The molecular weight excluding hydrogens is 661 g/mol. The molecule has 2 atom stereocenters. The Morgan fingerprint density at radius 1 is 0.296 bits per heavy atom. The lowest BCUT2D eigenvalue weighted by Gasteiger charge is -2.28. The number of rotatable bonds is 47. The van der Waals surface area contributed by atoms with E-state index in [0.717, 1.165) is 58.3 Å². The Morgan fingerprint density at radius 3 is 0.833 bits per heavy atom. The number of nitrogens with zero attached hydrogens (tertiary/aromatic N) is 2. The summed E-state index contributed by atoms with van der Waals surface area (Å²) >= 11 is 0. The fraction of sp³-hybridized carbons (Fsp3) is 1.00. The van der Waals surface area contributed by atoms with Crippen molar-refractivity contribution in [2.45, 2.75) is 283 Å². The molecule has 2 unspecified atom stereocenters. The second-order valence-corrected chi connectivity index (χ2v) is 18.0. The number of unbranched alkanes of at least 4 members (excludes halogenated alkanes) is 33. The molecule has 0 aliphatic rings. The average molecular weight is 765 g/mol. The van der Waals surface area contributed by atoms with Crippen LogP contribution >= 0.6 is 0 Å². The first-order valence-electron chi connectivity index (χ1n) is 25.3. The molecule has 0 bridgehead atoms. The van der Waals surface area contributed by atoms with Crippen LogP contribution in [0.2, 0.25) is 0 Å². The topological polar surface area (TPSA) is 46.9 Å². The van der Waals surface area contributed by atoms with Crippen LogP contribution in [0.15, 0.2) is 0 Å². The zero-order chi connectivity index (χ0) is 39.4. The fourth-order valence-corrected chi connectivity index (χ4v) is 8.38. The Hall–Kier alpha value is -0.160. The van der Waals surface area contributed by atoms with Gasteiger partial charge in [-0.25, -0.2) is 0 Å². The summed E-state index contributed by atoms with van der Waals surface area (Å²) in [5.41, 5.74) is 0. The van der Waals surface area contributed by atoms with Crippen molar-refractivity contribution in [1.82, 2.24) is 9.80 Å². The molecular formula is C50H104N2O2. The molecule has 326 valence electrons. The van der Waals surface area contributed by atoms with Crippen molar-refractivity contribution >= 4 is 0 Å². The van der Waals surface area contributed by atoms with E-state index in [-0.39, 0.29) is 12.2 Å². The van der Waals surface area contributed by atoms with Gasteiger partial charge in [0.15, 0.2) is 0 Å². The van der Waals surface area contributed by atoms with Crippen LogP contribution < -0.4 is 0 Å². The third kappa shape index (κ3) is 43.0. The van der Waals surface area contributed by atoms with Crippen molar-refractivity contribution in [3.63, 3.8) is 0 Å². The molecule has 0 heterocycles. The number of aliphatic hydroxyl groups is 2. The number of hydrogen-bond donors (Lipinski definition) is 2. The molecule has 0 amide bonds. The summed E-state index contributed by atoms with van der Waals surface area (Å²) in [5, 5.41) is 22.1. The highest BCUT2D eigenvalue weighted by molar-refractivity contribution is 4.71. The van der Waals surface area contributed by atoms with Crippen LogP contribution in [-0.4, -0.2) is 72.0 Å². The fourth-order valence-electron chi connectivity index (χ4n) is 8.38. The van der Waals surface area contributed by atoms with Crippen LogP contribution in [0.5, 0.6) is 0 Å². The van der Waals surface area contributed by atoms with Crippen molar-refractivity contribution in [3.8, 4) is 0 Å². The summed E-state index contributed by atoms with van der Waals surface area (Å²) in [6, 6.07) is 0. The van der Waals surface area contributed by atoms with Gasteiger partial charge in [0.25, 0.3) is 0 Å². The smallest absolute Gasteiger partial charge is 0.0667 e. The molecule has 0 fully saturated rings. The summed E-state index contributed by atoms with van der Waals surface area (Å²) in [7, 11) is 2.29. The molecule has 4 nitrogen and oxygen atoms in total. The average Bonchev–Trinajstić information content (AvgIpc) is 3.16. The Labute approximate surface area is 342 Å². The standard InChI is InChI=1S/C50H104N2O2/c1-5-8-11-14-17-20-23-26-29-32-35-38-42-49(53)47-52(48-50(54)43-39-36-33-30-27-24-21-18-15-12-9-6-2)46-41-45-51(4)44-40-37-34-31-28-25-22-19-16-13-10-7-3/h49-50,53-54H,5-48H2,1-4H3. The van der Waals surface area contributed by atoms with Crippen LogP contribution in [0, 0.1) is 0 Å². The first-order chi connectivity index (χ1) is 26.5. The maximum Gasteiger partial charge on any atom is 0.0667 e. The van der Waals surface area contributed by atoms with E-state index in [1.165, 1.54) is 225 Å². The summed E-state index contributed by atoms with van der Waals surface area (Å²) in [4.78, 5) is 4.91. The molecule has 0 spiro atoms. The quantitative estimate of drug-likeness (QED) is 0.0606. The van der Waals surface area contributed by atoms with Gasteiger partial charge in [0.2, 0.25) is 0 Å². The lowest BCUT2D eigenvalue weighted by Crippen LogP contribution is -2.39. The molecule has 0 aromatic carbocycles. The number of aliphatic hydroxyl groups excluding tert-OH is 2. The summed E-state index contributed by atoms with van der Waals surface area (Å²) in [5.74, 6) is 0. The van der Waals surface area contributed by atoms with Gasteiger partial charge in [-0.2, -0.15) is 0 Å². The minimum atomic E-state index is -0.272. The highest BCUT2D eigenvalue weighted by Crippen LogP contribution is 2.16. The van der Waals surface area contributed by atoms with E-state index in [9.17, 15) is 10.2 Å². The zero-order valence-electron chi connectivity index (χ0n) is 38.1. The number of hydrogen-bond acceptors (Lipinski definition) is 4. The Balaban J connectivity index is 4.30. The van der Waals surface area contributed by atoms with Gasteiger partial charge in [-0.05, 0) is 52.4 Å². The molecule has 4 heteroatoms. The lowest BCUT2D eigenvalue weighted by atomic mass is 10.0. The third-order valence-electron chi connectivity index (χ3n) is 12.1. The van der Waals surface area contributed by atoms with Gasteiger partial charge in [0.05, 0.1) is 12.2 Å². The van der Waals surface area contributed by atoms with E-state index >= 15 is 0 Å². The van der Waals surface area contributed by atoms with Gasteiger partial charge >= 0.3 is 0 Å². The predicted molar refractivity (Wildman–Crippen MR) is 243 cm³/mol. The molecule has 0 aliphatic carbocycles. The molecule has 54 heavy (non-hydrogen) atoms. The molecule has 0 saturated carbocycles. The first kappa shape index (κ1) is 53.8. The molecule has 0 aromatic rings. The normalized spacial score (nSPS) is 13.1. The van der Waals surface area contributed by atoms with E-state index in [1.54, 1.807) is 0 Å². The molecule has 0 radical (unpaired) electrons. The second kappa shape index (κ2) is 45.5. The Morgan fingerprint density at radius 2 is 0.537 bits per heavy atom. The van der Waals surface area contributed by atoms with Gasteiger partial charge in [-0.15, -0.1) is 0 Å². The van der Waals surface area contributed by atoms with Gasteiger partial charge in [-0.3, -0.25) is 4.90 Å². The zero-order valence-corrected chi connectivity index (χ0v) is 38.1. The predicted octanol–water partition coefficient (Wildman–Crippen LogP) is 15.2. The maximum absolute atomic E-state index is 11.0. The van der Waals surface area contributed by atoms with E-state index in [1.807, 2.05) is 0 Å². The van der Waals surface area contributed by atoms with Crippen molar-refractivity contribution in [3.05, 3.63) is 0 Å². The second-order valence-electron chi connectivity index (χ2n) is 18.0. The van der Waals surface area contributed by atoms with Crippen LogP contribution in [0.4, 0.5) is 0 Å². The van der Waals surface area contributed by atoms with Crippen LogP contribution in [0.1, 0.15) is 271 Å². The van der Waals surface area contributed by atoms with Crippen LogP contribution in [-0.2, 0) is 0 Å². The van der Waals surface area contributed by atoms with Gasteiger partial charge in [0, 0.05) is 13.1 Å². The molecule has 2 N–H and O–H groups in total. The highest BCUT2D eigenvalue weighted by Gasteiger charge is 2.16. The van der Waals surface area contributed by atoms with Gasteiger partial charge in [0.1, 0.15) is 0 Å². The lowest BCUT2D eigenvalue weighted by molar-refractivity contribution is 0.0587. The van der Waals surface area contributed by atoms with Crippen molar-refractivity contribution in [2.24, 2.45) is 0 Å². The van der Waals surface area contributed by atoms with Crippen LogP contribution in [0.25, 0.3) is 0 Å². The van der Waals surface area contributed by atoms with E-state index < -0.39 is 0 Å². The van der Waals surface area contributed by atoms with Crippen molar-refractivity contribution < 1.29 is 10.2 Å². The summed E-state index contributed by atoms with van der Waals surface area (Å²) < 4.78 is 0. The van der Waals surface area contributed by atoms with Crippen molar-refractivity contribution in [2.75, 3.05) is 39.8 Å². The molecule has 0 aromatic heterocycles. The SMILES string of the molecule is CCCCCCCCCCCCCCC(O)CN(CCCN(C)CCCCCCCCCCCCCC)CC(O)CCCCCCCCCCCCCC. The highest BCUT2D eigenvalue weighted by atomic mass is 16.3. The molecule has 0 rings (SSSR count). The maximum atomic E-state index is 11.0. The van der Waals surface area contributed by atoms with E-state index in [0.29, 0.717) is 0 Å². The Bertz CT molecular complexity index is 639. The third-order valence-corrected chi connectivity index (χ3v) is 12.1. The summed E-state index contributed by atoms with van der Waals surface area (Å²) in [6.45, 7) is 11.6. The van der Waals surface area contributed by atoms with E-state index in [2.05, 4.69) is 37.6 Å². The monoisotopic (exact) mass is 765 g/mol. The minimum absolute atomic E-state index is 0.272. The molecule has 0 saturated heterocycles.